The van der Waals surface area contributed by atoms with Gasteiger partial charge >= 0.3 is 178 Å². The first-order valence-electron chi connectivity index (χ1n) is 10.8. The van der Waals surface area contributed by atoms with Gasteiger partial charge in [0.05, 0.1) is 0 Å². The molecule has 2 heteroatoms. The van der Waals surface area contributed by atoms with E-state index in [1.54, 1.807) is 16.7 Å². The third kappa shape index (κ3) is 3.31. The third-order valence-corrected chi connectivity index (χ3v) is 37.6. The molecule has 2 aromatic rings. The van der Waals surface area contributed by atoms with E-state index in [9.17, 15) is 0 Å². The van der Waals surface area contributed by atoms with Crippen LogP contribution in [0.1, 0.15) is 43.9 Å². The summed E-state index contributed by atoms with van der Waals surface area (Å²) in [6.07, 6.45) is 7.23. The SMILES string of the molecule is C[SiH](C)[Zr]([CH3])([CH3])[c]1c(C2=CC(C(C)(C)C)=CC2)ccc2c1Cc1ccccc1-2. The van der Waals surface area contributed by atoms with Crippen LogP contribution in [0.2, 0.25) is 22.4 Å². The second-order valence-electron chi connectivity index (χ2n) is 10.5. The molecule has 0 bridgehead atoms. The molecule has 0 radical (unpaired) electrons. The van der Waals surface area contributed by atoms with Gasteiger partial charge in [-0.3, -0.25) is 0 Å². The summed E-state index contributed by atoms with van der Waals surface area (Å²) in [6, 6.07) is 14.0. The van der Waals surface area contributed by atoms with Gasteiger partial charge in [-0.15, -0.1) is 0 Å². The summed E-state index contributed by atoms with van der Waals surface area (Å²) in [5.74, 6) is -0.693. The van der Waals surface area contributed by atoms with Gasteiger partial charge in [-0.05, 0) is 0 Å². The molecule has 2 aliphatic rings. The molecule has 146 valence electrons. The second kappa shape index (κ2) is 7.06. The Bertz CT molecular complexity index is 1000. The molecule has 0 N–H and O–H groups in total. The molecule has 0 amide bonds. The Balaban J connectivity index is 1.92. The molecule has 0 atom stereocenters. The predicted octanol–water partition coefficient (Wildman–Crippen LogP) is 6.88. The van der Waals surface area contributed by atoms with E-state index in [2.05, 4.69) is 91.7 Å². The van der Waals surface area contributed by atoms with Crippen LogP contribution in [0.25, 0.3) is 16.7 Å². The van der Waals surface area contributed by atoms with Crippen LogP contribution in [0.15, 0.2) is 54.1 Å². The van der Waals surface area contributed by atoms with Crippen molar-refractivity contribution in [1.82, 2.24) is 0 Å². The summed E-state index contributed by atoms with van der Waals surface area (Å²) >= 11 is -2.34. The number of hydrogen-bond donors (Lipinski definition) is 0. The van der Waals surface area contributed by atoms with Gasteiger partial charge in [0.25, 0.3) is 0 Å². The summed E-state index contributed by atoms with van der Waals surface area (Å²) in [5.41, 5.74) is 11.1. The molecule has 0 saturated carbocycles. The van der Waals surface area contributed by atoms with Crippen molar-refractivity contribution >= 4 is 14.8 Å². The Kier molecular flexibility index (Phi) is 5.12. The zero-order valence-electron chi connectivity index (χ0n) is 18.6. The van der Waals surface area contributed by atoms with Gasteiger partial charge in [0.2, 0.25) is 0 Å². The van der Waals surface area contributed by atoms with Crippen LogP contribution in [0.4, 0.5) is 0 Å². The van der Waals surface area contributed by atoms with E-state index >= 15 is 0 Å². The van der Waals surface area contributed by atoms with Gasteiger partial charge in [0, 0.05) is 0 Å². The summed E-state index contributed by atoms with van der Waals surface area (Å²) in [4.78, 5) is 0. The molecule has 0 unspecified atom stereocenters. The van der Waals surface area contributed by atoms with Gasteiger partial charge < -0.3 is 0 Å². The predicted molar refractivity (Wildman–Crippen MR) is 125 cm³/mol. The normalized spacial score (nSPS) is 16.1. The molecule has 0 heterocycles. The van der Waals surface area contributed by atoms with Crippen molar-refractivity contribution in [3.63, 3.8) is 0 Å². The molecule has 4 rings (SSSR count). The van der Waals surface area contributed by atoms with Gasteiger partial charge in [-0.25, -0.2) is 0 Å². The number of hydrogen-bond acceptors (Lipinski definition) is 0. The Morgan fingerprint density at radius 1 is 0.893 bits per heavy atom. The van der Waals surface area contributed by atoms with Gasteiger partial charge in [0.15, 0.2) is 0 Å². The molecule has 0 saturated heterocycles. The van der Waals surface area contributed by atoms with Crippen LogP contribution < -0.4 is 3.27 Å². The summed E-state index contributed by atoms with van der Waals surface area (Å²) in [5, 5.41) is 0. The van der Waals surface area contributed by atoms with Crippen LogP contribution in [-0.4, -0.2) is 5.92 Å². The maximum atomic E-state index is 2.71. The molecule has 0 spiro atoms. The van der Waals surface area contributed by atoms with Crippen molar-refractivity contribution in [3.05, 3.63) is 70.8 Å². The van der Waals surface area contributed by atoms with Crippen LogP contribution in [0.5, 0.6) is 0 Å². The Morgan fingerprint density at radius 2 is 1.57 bits per heavy atom. The van der Waals surface area contributed by atoms with E-state index in [0.717, 1.165) is 12.8 Å². The molecule has 28 heavy (non-hydrogen) atoms. The fourth-order valence-corrected chi connectivity index (χ4v) is 16.3. The molecule has 0 nitrogen and oxygen atoms in total. The monoisotopic (exact) mass is 464 g/mol. The zero-order valence-corrected chi connectivity index (χ0v) is 22.2. The molecule has 2 aliphatic carbocycles. The molecular formula is C26H34SiZr. The number of fused-ring (bicyclic) bond motifs is 3. The van der Waals surface area contributed by atoms with Crippen LogP contribution in [0.3, 0.4) is 0 Å². The first kappa shape index (κ1) is 20.3. The number of allylic oxidation sites excluding steroid dienone is 4. The zero-order chi connectivity index (χ0) is 20.3. The fourth-order valence-electron chi connectivity index (χ4n) is 4.74. The van der Waals surface area contributed by atoms with Gasteiger partial charge in [-0.1, -0.05) is 0 Å². The third-order valence-electron chi connectivity index (χ3n) is 7.16. The van der Waals surface area contributed by atoms with Gasteiger partial charge in [0.1, 0.15) is 0 Å². The Morgan fingerprint density at radius 3 is 2.21 bits per heavy atom. The van der Waals surface area contributed by atoms with E-state index in [0.29, 0.717) is 0 Å². The minimum atomic E-state index is -2.34. The van der Waals surface area contributed by atoms with E-state index in [1.807, 2.05) is 3.27 Å². The summed E-state index contributed by atoms with van der Waals surface area (Å²) in [7, 11) is 0. The van der Waals surface area contributed by atoms with E-state index in [-0.39, 0.29) is 5.41 Å². The van der Waals surface area contributed by atoms with Crippen LogP contribution in [-0.2, 0) is 25.8 Å². The maximum absolute atomic E-state index is 2.71. The van der Waals surface area contributed by atoms with E-state index in [4.69, 9.17) is 0 Å². The van der Waals surface area contributed by atoms with Crippen molar-refractivity contribution in [2.24, 2.45) is 5.41 Å². The van der Waals surface area contributed by atoms with Crippen molar-refractivity contribution in [2.75, 3.05) is 0 Å². The molecule has 0 aliphatic heterocycles. The number of benzene rings is 2. The van der Waals surface area contributed by atoms with Crippen LogP contribution >= 0.6 is 0 Å². The first-order valence-corrected chi connectivity index (χ1v) is 24.1. The first-order chi connectivity index (χ1) is 13.1. The van der Waals surface area contributed by atoms with Gasteiger partial charge in [-0.2, -0.15) is 0 Å². The van der Waals surface area contributed by atoms with Crippen molar-refractivity contribution in [3.8, 4) is 11.1 Å². The Hall–Kier alpha value is -0.980. The molecular weight excluding hydrogens is 432 g/mol. The molecule has 2 aromatic carbocycles. The molecule has 0 fully saturated rings. The Labute approximate surface area is 176 Å². The standard InChI is InChI=1S/C22H21.C2H7Si.2CH3.Zr/c1-22(2,3)19-10-8-16(14-19)15-9-11-21-18(12-15)13-17-6-4-5-7-20(17)21;1-3-2;;;/h4-7,9-11,14H,8,13H2,1-3H3;3H,1-2H3;2*1H3;. The quantitative estimate of drug-likeness (QED) is 0.370. The average Bonchev–Trinajstić information content (AvgIpc) is 3.25. The number of rotatable bonds is 3. The second-order valence-corrected chi connectivity index (χ2v) is 39.6. The summed E-state index contributed by atoms with van der Waals surface area (Å²) < 4.78 is 7.27. The topological polar surface area (TPSA) is 0 Å². The van der Waals surface area contributed by atoms with Crippen molar-refractivity contribution in [1.29, 1.82) is 0 Å². The van der Waals surface area contributed by atoms with Crippen molar-refractivity contribution < 1.29 is 19.4 Å². The molecule has 0 aromatic heterocycles. The van der Waals surface area contributed by atoms with E-state index in [1.165, 1.54) is 22.3 Å². The minimum absolute atomic E-state index is 0.237. The average molecular weight is 466 g/mol. The van der Waals surface area contributed by atoms with Crippen LogP contribution in [0, 0.1) is 5.41 Å². The van der Waals surface area contributed by atoms with E-state index < -0.39 is 25.4 Å². The summed E-state index contributed by atoms with van der Waals surface area (Å²) in [6.45, 7) is 12.2. The fraction of sp³-hybridized carbons (Fsp3) is 0.385. The van der Waals surface area contributed by atoms with Crippen molar-refractivity contribution in [2.45, 2.75) is 56.0 Å².